The molecule has 1 amide bonds. The van der Waals surface area contributed by atoms with E-state index in [0.29, 0.717) is 5.75 Å². The summed E-state index contributed by atoms with van der Waals surface area (Å²) in [5.41, 5.74) is 0.150. The molecule has 0 aromatic heterocycles. The van der Waals surface area contributed by atoms with Crippen molar-refractivity contribution in [2.75, 3.05) is 32.8 Å². The fraction of sp³-hybridized carbons (Fsp3) is 0.562. The molecule has 1 aromatic carbocycles. The normalized spacial score (nSPS) is 16.8. The molecule has 1 fully saturated rings. The maximum atomic E-state index is 12.1. The quantitative estimate of drug-likeness (QED) is 0.921. The highest BCUT2D eigenvalue weighted by atomic mass is 16.5. The Morgan fingerprint density at radius 1 is 1.14 bits per heavy atom. The van der Waals surface area contributed by atoms with E-state index in [2.05, 4.69) is 25.7 Å². The maximum Gasteiger partial charge on any atom is 0.260 e. The van der Waals surface area contributed by atoms with Crippen LogP contribution in [-0.4, -0.2) is 59.1 Å². The van der Waals surface area contributed by atoms with Gasteiger partial charge in [0.15, 0.2) is 6.61 Å². The average Bonchev–Trinajstić information content (AvgIpc) is 2.45. The topological polar surface area (TPSA) is 53.0 Å². The highest BCUT2D eigenvalue weighted by Crippen LogP contribution is 2.17. The lowest BCUT2D eigenvalue weighted by molar-refractivity contribution is -0.135. The van der Waals surface area contributed by atoms with Crippen LogP contribution in [0.2, 0.25) is 0 Å². The van der Waals surface area contributed by atoms with Gasteiger partial charge in [-0.2, -0.15) is 0 Å². The number of amides is 1. The summed E-state index contributed by atoms with van der Waals surface area (Å²) in [6.45, 7) is 9.91. The number of phenolic OH excluding ortho intramolecular Hbond substituents is 1. The minimum Gasteiger partial charge on any atom is -0.508 e. The third-order valence-electron chi connectivity index (χ3n) is 3.78. The SMILES string of the molecule is CC(C)(C)N1CCN(C(=O)COc2ccc(O)cc2)CC1. The molecule has 0 atom stereocenters. The van der Waals surface area contributed by atoms with Gasteiger partial charge in [0.2, 0.25) is 0 Å². The summed E-state index contributed by atoms with van der Waals surface area (Å²) in [4.78, 5) is 16.4. The molecule has 5 nitrogen and oxygen atoms in total. The Kier molecular flexibility index (Phi) is 4.73. The summed E-state index contributed by atoms with van der Waals surface area (Å²) in [5, 5.41) is 9.19. The molecule has 1 N–H and O–H groups in total. The number of nitrogens with zero attached hydrogens (tertiary/aromatic N) is 2. The van der Waals surface area contributed by atoms with E-state index in [1.807, 2.05) is 4.90 Å². The first-order valence-corrected chi connectivity index (χ1v) is 7.31. The lowest BCUT2D eigenvalue weighted by Crippen LogP contribution is -2.55. The number of hydrogen-bond donors (Lipinski definition) is 1. The minimum atomic E-state index is 0.0108. The van der Waals surface area contributed by atoms with E-state index in [9.17, 15) is 9.90 Å². The van der Waals surface area contributed by atoms with Crippen molar-refractivity contribution in [3.8, 4) is 11.5 Å². The summed E-state index contributed by atoms with van der Waals surface area (Å²) in [6.07, 6.45) is 0. The van der Waals surface area contributed by atoms with E-state index >= 15 is 0 Å². The smallest absolute Gasteiger partial charge is 0.260 e. The number of carbonyl (C=O) groups excluding carboxylic acids is 1. The van der Waals surface area contributed by atoms with Crippen molar-refractivity contribution in [1.82, 2.24) is 9.80 Å². The number of benzene rings is 1. The first-order valence-electron chi connectivity index (χ1n) is 7.31. The first kappa shape index (κ1) is 15.6. The third kappa shape index (κ3) is 4.36. The van der Waals surface area contributed by atoms with Crippen LogP contribution < -0.4 is 4.74 Å². The molecule has 1 heterocycles. The molecule has 0 spiro atoms. The van der Waals surface area contributed by atoms with Gasteiger partial charge in [-0.05, 0) is 45.0 Å². The molecule has 0 bridgehead atoms. The van der Waals surface area contributed by atoms with Gasteiger partial charge < -0.3 is 14.7 Å². The zero-order valence-corrected chi connectivity index (χ0v) is 13.0. The molecule has 116 valence electrons. The van der Waals surface area contributed by atoms with Gasteiger partial charge in [0.05, 0.1) is 0 Å². The molecule has 0 aliphatic carbocycles. The van der Waals surface area contributed by atoms with E-state index in [1.54, 1.807) is 24.3 Å². The Morgan fingerprint density at radius 3 is 2.24 bits per heavy atom. The number of rotatable bonds is 3. The number of phenols is 1. The predicted molar refractivity (Wildman–Crippen MR) is 81.5 cm³/mol. The van der Waals surface area contributed by atoms with Gasteiger partial charge in [-0.3, -0.25) is 9.69 Å². The summed E-state index contributed by atoms with van der Waals surface area (Å²) in [5.74, 6) is 0.790. The number of aromatic hydroxyl groups is 1. The Labute approximate surface area is 126 Å². The molecule has 1 aliphatic heterocycles. The van der Waals surface area contributed by atoms with Crippen LogP contribution in [0.15, 0.2) is 24.3 Å². The Balaban J connectivity index is 1.78. The van der Waals surface area contributed by atoms with Crippen molar-refractivity contribution in [3.05, 3.63) is 24.3 Å². The van der Waals surface area contributed by atoms with Crippen molar-refractivity contribution in [2.24, 2.45) is 0 Å². The van der Waals surface area contributed by atoms with Crippen LogP contribution in [0.25, 0.3) is 0 Å². The van der Waals surface area contributed by atoms with Crippen LogP contribution in [0.3, 0.4) is 0 Å². The highest BCUT2D eigenvalue weighted by molar-refractivity contribution is 5.77. The van der Waals surface area contributed by atoms with Crippen LogP contribution in [0, 0.1) is 0 Å². The van der Waals surface area contributed by atoms with Crippen LogP contribution in [0.5, 0.6) is 11.5 Å². The molecule has 1 aromatic rings. The van der Waals surface area contributed by atoms with Gasteiger partial charge in [-0.25, -0.2) is 0 Å². The zero-order valence-electron chi connectivity index (χ0n) is 13.0. The monoisotopic (exact) mass is 292 g/mol. The molecule has 0 saturated carbocycles. The van der Waals surface area contributed by atoms with Crippen LogP contribution in [-0.2, 0) is 4.79 Å². The molecular formula is C16H24N2O3. The van der Waals surface area contributed by atoms with E-state index < -0.39 is 0 Å². The lowest BCUT2D eigenvalue weighted by Gasteiger charge is -2.42. The number of hydrogen-bond acceptors (Lipinski definition) is 4. The minimum absolute atomic E-state index is 0.0108. The average molecular weight is 292 g/mol. The molecule has 21 heavy (non-hydrogen) atoms. The number of ether oxygens (including phenoxy) is 1. The van der Waals surface area contributed by atoms with Gasteiger partial charge in [-0.1, -0.05) is 0 Å². The third-order valence-corrected chi connectivity index (χ3v) is 3.78. The molecule has 1 saturated heterocycles. The van der Waals surface area contributed by atoms with Crippen LogP contribution in [0.1, 0.15) is 20.8 Å². The second-order valence-electron chi connectivity index (χ2n) is 6.32. The standard InChI is InChI=1S/C16H24N2O3/c1-16(2,3)18-10-8-17(9-11-18)15(20)12-21-14-6-4-13(19)5-7-14/h4-7,19H,8-12H2,1-3H3. The van der Waals surface area contributed by atoms with Gasteiger partial charge in [0.25, 0.3) is 5.91 Å². The van der Waals surface area contributed by atoms with Crippen LogP contribution >= 0.6 is 0 Å². The van der Waals surface area contributed by atoms with Crippen molar-refractivity contribution in [3.63, 3.8) is 0 Å². The molecule has 1 aliphatic rings. The molecule has 5 heteroatoms. The fourth-order valence-electron chi connectivity index (χ4n) is 2.41. The first-order chi connectivity index (χ1) is 9.86. The van der Waals surface area contributed by atoms with Crippen molar-refractivity contribution >= 4 is 5.91 Å². The number of piperazine rings is 1. The van der Waals surface area contributed by atoms with Crippen molar-refractivity contribution in [1.29, 1.82) is 0 Å². The molecule has 0 radical (unpaired) electrons. The van der Waals surface area contributed by atoms with Crippen molar-refractivity contribution < 1.29 is 14.6 Å². The van der Waals surface area contributed by atoms with Gasteiger partial charge in [0.1, 0.15) is 11.5 Å². The van der Waals surface area contributed by atoms with Crippen LogP contribution in [0.4, 0.5) is 0 Å². The molecular weight excluding hydrogens is 268 g/mol. The van der Waals surface area contributed by atoms with Crippen molar-refractivity contribution in [2.45, 2.75) is 26.3 Å². The Morgan fingerprint density at radius 2 is 1.71 bits per heavy atom. The number of carbonyl (C=O) groups is 1. The van der Waals surface area contributed by atoms with Gasteiger partial charge in [0, 0.05) is 31.7 Å². The second kappa shape index (κ2) is 6.35. The largest absolute Gasteiger partial charge is 0.508 e. The molecule has 2 rings (SSSR count). The highest BCUT2D eigenvalue weighted by Gasteiger charge is 2.27. The predicted octanol–water partition coefficient (Wildman–Crippen LogP) is 1.71. The molecule has 0 unspecified atom stereocenters. The fourth-order valence-corrected chi connectivity index (χ4v) is 2.41. The van der Waals surface area contributed by atoms with E-state index in [1.165, 1.54) is 0 Å². The Hall–Kier alpha value is -1.75. The maximum absolute atomic E-state index is 12.1. The van der Waals surface area contributed by atoms with Gasteiger partial charge in [-0.15, -0.1) is 0 Å². The zero-order chi connectivity index (χ0) is 15.5. The lowest BCUT2D eigenvalue weighted by atomic mass is 10.1. The second-order valence-corrected chi connectivity index (χ2v) is 6.32. The van der Waals surface area contributed by atoms with E-state index in [0.717, 1.165) is 26.2 Å². The summed E-state index contributed by atoms with van der Waals surface area (Å²) < 4.78 is 5.45. The summed E-state index contributed by atoms with van der Waals surface area (Å²) >= 11 is 0. The summed E-state index contributed by atoms with van der Waals surface area (Å²) in [7, 11) is 0. The van der Waals surface area contributed by atoms with Gasteiger partial charge >= 0.3 is 0 Å². The van der Waals surface area contributed by atoms with E-state index in [-0.39, 0.29) is 23.8 Å². The Bertz CT molecular complexity index is 471. The van der Waals surface area contributed by atoms with E-state index in [4.69, 9.17) is 4.74 Å². The summed E-state index contributed by atoms with van der Waals surface area (Å²) in [6, 6.07) is 6.39.